The fourth-order valence-corrected chi connectivity index (χ4v) is 3.58. The molecule has 0 aromatic carbocycles. The number of sulfone groups is 1. The lowest BCUT2D eigenvalue weighted by Crippen LogP contribution is -2.47. The van der Waals surface area contributed by atoms with Crippen LogP contribution < -0.4 is 5.32 Å². The fraction of sp³-hybridized carbons (Fsp3) is 0.941. The third-order valence-corrected chi connectivity index (χ3v) is 5.52. The van der Waals surface area contributed by atoms with Crippen molar-refractivity contribution < 1.29 is 17.9 Å². The maximum atomic E-state index is 11.3. The number of aliphatic imine (C=N–C) groups is 1. The molecule has 0 saturated carbocycles. The summed E-state index contributed by atoms with van der Waals surface area (Å²) in [5.41, 5.74) is 0. The van der Waals surface area contributed by atoms with Gasteiger partial charge in [0.2, 0.25) is 0 Å². The number of hydrogen-bond donors (Lipinski definition) is 1. The monoisotopic (exact) mass is 375 g/mol. The molecule has 0 aliphatic carbocycles. The lowest BCUT2D eigenvalue weighted by atomic mass is 10.1. The van der Waals surface area contributed by atoms with Gasteiger partial charge < -0.3 is 19.7 Å². The number of nitrogens with one attached hydrogen (secondary N) is 1. The molecular formula is C17H33N3O4S. The van der Waals surface area contributed by atoms with Crippen molar-refractivity contribution in [3.05, 3.63) is 0 Å². The third kappa shape index (κ3) is 7.92. The SMILES string of the molecule is CCNC(=NCCS(C)(=O)=O)N1CCC(OCC2CCCCO2)CC1. The van der Waals surface area contributed by atoms with Crippen LogP contribution in [-0.2, 0) is 19.3 Å². The van der Waals surface area contributed by atoms with E-state index in [9.17, 15) is 8.42 Å². The van der Waals surface area contributed by atoms with Gasteiger partial charge in [0.1, 0.15) is 9.84 Å². The number of nitrogens with zero attached hydrogens (tertiary/aromatic N) is 2. The molecule has 1 unspecified atom stereocenters. The van der Waals surface area contributed by atoms with Crippen LogP contribution in [-0.4, -0.2) is 82.9 Å². The second kappa shape index (κ2) is 10.3. The zero-order valence-corrected chi connectivity index (χ0v) is 16.4. The normalized spacial score (nSPS) is 23.7. The van der Waals surface area contributed by atoms with Crippen molar-refractivity contribution >= 4 is 15.8 Å². The summed E-state index contributed by atoms with van der Waals surface area (Å²) >= 11 is 0. The van der Waals surface area contributed by atoms with E-state index in [-0.39, 0.29) is 18.0 Å². The fourth-order valence-electron chi connectivity index (χ4n) is 3.16. The van der Waals surface area contributed by atoms with Gasteiger partial charge >= 0.3 is 0 Å². The Morgan fingerprint density at radius 3 is 2.64 bits per heavy atom. The van der Waals surface area contributed by atoms with Crippen LogP contribution in [0.1, 0.15) is 39.0 Å². The van der Waals surface area contributed by atoms with Crippen LogP contribution in [0.2, 0.25) is 0 Å². The largest absolute Gasteiger partial charge is 0.376 e. The number of likely N-dealkylation sites (tertiary alicyclic amines) is 1. The summed E-state index contributed by atoms with van der Waals surface area (Å²) < 4.78 is 34.3. The molecule has 1 N–H and O–H groups in total. The van der Waals surface area contributed by atoms with Crippen LogP contribution >= 0.6 is 0 Å². The maximum absolute atomic E-state index is 11.3. The van der Waals surface area contributed by atoms with E-state index >= 15 is 0 Å². The minimum atomic E-state index is -2.98. The summed E-state index contributed by atoms with van der Waals surface area (Å²) in [4.78, 5) is 6.66. The number of piperidine rings is 1. The second-order valence-electron chi connectivity index (χ2n) is 6.87. The Kier molecular flexibility index (Phi) is 8.45. The molecule has 2 fully saturated rings. The van der Waals surface area contributed by atoms with Crippen molar-refractivity contribution in [3.63, 3.8) is 0 Å². The summed E-state index contributed by atoms with van der Waals surface area (Å²) in [5.74, 6) is 0.892. The molecule has 2 aliphatic rings. The van der Waals surface area contributed by atoms with Crippen molar-refractivity contribution in [2.75, 3.05) is 51.4 Å². The van der Waals surface area contributed by atoms with Crippen LogP contribution in [0.3, 0.4) is 0 Å². The Bertz CT molecular complexity index is 510. The van der Waals surface area contributed by atoms with Crippen LogP contribution in [0, 0.1) is 0 Å². The summed E-state index contributed by atoms with van der Waals surface area (Å²) in [7, 11) is -2.98. The van der Waals surface area contributed by atoms with Gasteiger partial charge in [-0.15, -0.1) is 0 Å². The highest BCUT2D eigenvalue weighted by Crippen LogP contribution is 2.17. The minimum absolute atomic E-state index is 0.0862. The number of guanidine groups is 1. The first-order chi connectivity index (χ1) is 12.0. The average molecular weight is 376 g/mol. The van der Waals surface area contributed by atoms with Crippen molar-refractivity contribution in [1.29, 1.82) is 0 Å². The van der Waals surface area contributed by atoms with Gasteiger partial charge in [0.15, 0.2) is 5.96 Å². The van der Waals surface area contributed by atoms with Crippen molar-refractivity contribution in [2.24, 2.45) is 4.99 Å². The molecule has 0 radical (unpaired) electrons. The molecule has 0 spiro atoms. The van der Waals surface area contributed by atoms with Crippen molar-refractivity contribution in [2.45, 2.75) is 51.2 Å². The predicted molar refractivity (Wildman–Crippen MR) is 99.8 cm³/mol. The van der Waals surface area contributed by atoms with Crippen molar-refractivity contribution in [3.8, 4) is 0 Å². The molecule has 2 heterocycles. The van der Waals surface area contributed by atoms with Gasteiger partial charge in [-0.05, 0) is 39.0 Å². The van der Waals surface area contributed by atoms with Crippen molar-refractivity contribution in [1.82, 2.24) is 10.2 Å². The molecule has 0 amide bonds. The molecule has 25 heavy (non-hydrogen) atoms. The zero-order chi connectivity index (χ0) is 18.1. The summed E-state index contributed by atoms with van der Waals surface area (Å²) in [5, 5.41) is 3.26. The molecule has 2 rings (SSSR count). The Labute approximate surface area is 152 Å². The highest BCUT2D eigenvalue weighted by atomic mass is 32.2. The molecule has 2 saturated heterocycles. The van der Waals surface area contributed by atoms with E-state index in [0.29, 0.717) is 13.2 Å². The summed E-state index contributed by atoms with van der Waals surface area (Å²) in [6.07, 6.45) is 7.22. The van der Waals surface area contributed by atoms with Gasteiger partial charge in [-0.3, -0.25) is 4.99 Å². The van der Waals surface area contributed by atoms with E-state index in [4.69, 9.17) is 9.47 Å². The van der Waals surface area contributed by atoms with E-state index in [0.717, 1.165) is 51.5 Å². The average Bonchev–Trinajstić information content (AvgIpc) is 2.60. The number of ether oxygens (including phenoxy) is 2. The van der Waals surface area contributed by atoms with E-state index in [2.05, 4.69) is 15.2 Å². The molecule has 0 bridgehead atoms. The summed E-state index contributed by atoms with van der Waals surface area (Å²) in [6.45, 7) is 6.41. The minimum Gasteiger partial charge on any atom is -0.376 e. The molecule has 7 nitrogen and oxygen atoms in total. The molecule has 0 aromatic rings. The topological polar surface area (TPSA) is 80.2 Å². The number of hydrogen-bond acceptors (Lipinski definition) is 5. The second-order valence-corrected chi connectivity index (χ2v) is 9.13. The molecule has 0 aromatic heterocycles. The van der Waals surface area contributed by atoms with E-state index in [1.807, 2.05) is 6.92 Å². The Balaban J connectivity index is 1.74. The molecule has 2 aliphatic heterocycles. The standard InChI is InChI=1S/C17H33N3O4S/c1-3-18-17(19-9-13-25(2,21)22)20-10-7-15(8-11-20)24-14-16-6-4-5-12-23-16/h15-16H,3-14H2,1-2H3,(H,18,19). The first-order valence-electron chi connectivity index (χ1n) is 9.42. The highest BCUT2D eigenvalue weighted by Gasteiger charge is 2.23. The summed E-state index contributed by atoms with van der Waals surface area (Å²) in [6, 6.07) is 0. The Hall–Kier alpha value is -0.860. The zero-order valence-electron chi connectivity index (χ0n) is 15.6. The lowest BCUT2D eigenvalue weighted by molar-refractivity contribution is -0.0721. The lowest BCUT2D eigenvalue weighted by Gasteiger charge is -2.35. The number of rotatable bonds is 7. The molecular weight excluding hydrogens is 342 g/mol. The molecule has 1 atom stereocenters. The van der Waals surface area contributed by atoms with Crippen LogP contribution in [0.25, 0.3) is 0 Å². The van der Waals surface area contributed by atoms with Gasteiger partial charge in [-0.25, -0.2) is 8.42 Å². The van der Waals surface area contributed by atoms with Crippen LogP contribution in [0.4, 0.5) is 0 Å². The Morgan fingerprint density at radius 2 is 2.04 bits per heavy atom. The van der Waals surface area contributed by atoms with E-state index < -0.39 is 9.84 Å². The van der Waals surface area contributed by atoms with Gasteiger partial charge in [-0.1, -0.05) is 0 Å². The maximum Gasteiger partial charge on any atom is 0.193 e. The smallest absolute Gasteiger partial charge is 0.193 e. The van der Waals surface area contributed by atoms with Crippen LogP contribution in [0.5, 0.6) is 0 Å². The molecule has 146 valence electrons. The van der Waals surface area contributed by atoms with E-state index in [1.54, 1.807) is 0 Å². The van der Waals surface area contributed by atoms with Gasteiger partial charge in [0.25, 0.3) is 0 Å². The van der Waals surface area contributed by atoms with Crippen LogP contribution in [0.15, 0.2) is 4.99 Å². The van der Waals surface area contributed by atoms with Gasteiger partial charge in [0.05, 0.1) is 31.1 Å². The first-order valence-corrected chi connectivity index (χ1v) is 11.5. The Morgan fingerprint density at radius 1 is 1.28 bits per heavy atom. The van der Waals surface area contributed by atoms with E-state index in [1.165, 1.54) is 19.1 Å². The predicted octanol–water partition coefficient (Wildman–Crippen LogP) is 1.05. The first kappa shape index (κ1) is 20.5. The quantitative estimate of drug-likeness (QED) is 0.529. The third-order valence-electron chi connectivity index (χ3n) is 4.59. The highest BCUT2D eigenvalue weighted by molar-refractivity contribution is 7.90. The van der Waals surface area contributed by atoms with Gasteiger partial charge in [0, 0.05) is 32.5 Å². The molecule has 8 heteroatoms. The van der Waals surface area contributed by atoms with Gasteiger partial charge in [-0.2, -0.15) is 0 Å².